The Kier molecular flexibility index (Phi) is 6.86. The highest BCUT2D eigenvalue weighted by Gasteiger charge is 2.20. The molecule has 1 unspecified atom stereocenters. The number of hydrogen-bond acceptors (Lipinski definition) is 3. The van der Waals surface area contributed by atoms with Gasteiger partial charge in [-0.1, -0.05) is 66.2 Å². The molecule has 1 atom stereocenters. The van der Waals surface area contributed by atoms with Gasteiger partial charge in [0.05, 0.1) is 6.04 Å². The molecule has 0 spiro atoms. The Morgan fingerprint density at radius 3 is 2.28 bits per heavy atom. The zero-order valence-corrected chi connectivity index (χ0v) is 17.2. The number of carbonyl (C=O) groups excluding carboxylic acids is 2. The third-order valence-electron chi connectivity index (χ3n) is 4.83. The average Bonchev–Trinajstić information content (AvgIpc) is 2.73. The molecule has 6 heteroatoms. The molecule has 0 saturated heterocycles. The van der Waals surface area contributed by atoms with Gasteiger partial charge in [0.2, 0.25) is 0 Å². The summed E-state index contributed by atoms with van der Waals surface area (Å²) < 4.78 is 0. The number of rotatable bonds is 6. The molecule has 0 aromatic heterocycles. The van der Waals surface area contributed by atoms with E-state index in [-0.39, 0.29) is 12.6 Å². The maximum atomic E-state index is 12.3. The monoisotopic (exact) mass is 409 g/mol. The lowest BCUT2D eigenvalue weighted by Crippen LogP contribution is -2.42. The van der Waals surface area contributed by atoms with Gasteiger partial charge >= 0.3 is 11.8 Å². The van der Waals surface area contributed by atoms with Crippen molar-refractivity contribution in [3.05, 3.63) is 82.9 Å². The van der Waals surface area contributed by atoms with Crippen molar-refractivity contribution in [3.63, 3.8) is 0 Å². The van der Waals surface area contributed by atoms with Crippen LogP contribution in [0, 0.1) is 0 Å². The van der Waals surface area contributed by atoms with Gasteiger partial charge in [-0.3, -0.25) is 9.59 Å². The smallest absolute Gasteiger partial charge is 0.309 e. The molecule has 0 fully saturated rings. The first-order valence-electron chi connectivity index (χ1n) is 9.40. The van der Waals surface area contributed by atoms with Crippen molar-refractivity contribution in [3.8, 4) is 0 Å². The summed E-state index contributed by atoms with van der Waals surface area (Å²) in [7, 11) is 3.92. The van der Waals surface area contributed by atoms with Gasteiger partial charge in [0.25, 0.3) is 0 Å². The Morgan fingerprint density at radius 2 is 1.55 bits per heavy atom. The quantitative estimate of drug-likeness (QED) is 0.612. The van der Waals surface area contributed by atoms with Crippen LogP contribution in [0.2, 0.25) is 5.02 Å². The number of hydrogen-bond donors (Lipinski definition) is 2. The summed E-state index contributed by atoms with van der Waals surface area (Å²) in [5.74, 6) is -1.30. The molecule has 0 bridgehead atoms. The summed E-state index contributed by atoms with van der Waals surface area (Å²) in [6.45, 7) is 0.595. The molecule has 3 rings (SSSR count). The number of amides is 2. The Morgan fingerprint density at radius 1 is 0.897 bits per heavy atom. The summed E-state index contributed by atoms with van der Waals surface area (Å²) in [4.78, 5) is 26.5. The second-order valence-electron chi connectivity index (χ2n) is 7.07. The van der Waals surface area contributed by atoms with Crippen molar-refractivity contribution in [1.29, 1.82) is 0 Å². The van der Waals surface area contributed by atoms with Crippen LogP contribution in [0.1, 0.15) is 17.2 Å². The molecular weight excluding hydrogens is 386 g/mol. The topological polar surface area (TPSA) is 61.4 Å². The van der Waals surface area contributed by atoms with Crippen molar-refractivity contribution in [1.82, 2.24) is 15.5 Å². The summed E-state index contributed by atoms with van der Waals surface area (Å²) >= 11 is 5.85. The average molecular weight is 410 g/mol. The minimum atomic E-state index is -0.657. The molecule has 2 N–H and O–H groups in total. The van der Waals surface area contributed by atoms with Crippen LogP contribution >= 0.6 is 11.6 Å². The zero-order valence-electron chi connectivity index (χ0n) is 16.5. The first-order chi connectivity index (χ1) is 14.0. The standard InChI is InChI=1S/C23H24ClN3O2/c1-27(2)21(20-9-5-7-17-6-3-4-8-19(17)20)15-26-23(29)22(28)25-14-16-10-12-18(24)13-11-16/h3-13,21H,14-15H2,1-2H3,(H,25,28)(H,26,29). The molecule has 3 aromatic carbocycles. The van der Waals surface area contributed by atoms with E-state index >= 15 is 0 Å². The van der Waals surface area contributed by atoms with E-state index < -0.39 is 11.8 Å². The molecule has 5 nitrogen and oxygen atoms in total. The number of benzene rings is 3. The Hall–Kier alpha value is -2.89. The number of halogens is 1. The lowest BCUT2D eigenvalue weighted by Gasteiger charge is -2.26. The van der Waals surface area contributed by atoms with Crippen molar-refractivity contribution in [2.75, 3.05) is 20.6 Å². The fourth-order valence-electron chi connectivity index (χ4n) is 3.25. The van der Waals surface area contributed by atoms with Crippen LogP contribution < -0.4 is 10.6 Å². The van der Waals surface area contributed by atoms with E-state index in [0.29, 0.717) is 11.6 Å². The minimum Gasteiger partial charge on any atom is -0.346 e. The van der Waals surface area contributed by atoms with Gasteiger partial charge in [-0.25, -0.2) is 0 Å². The van der Waals surface area contributed by atoms with Crippen molar-refractivity contribution in [2.24, 2.45) is 0 Å². The summed E-state index contributed by atoms with van der Waals surface area (Å²) in [6.07, 6.45) is 0. The van der Waals surface area contributed by atoms with E-state index in [1.165, 1.54) is 0 Å². The molecule has 0 saturated carbocycles. The fourth-order valence-corrected chi connectivity index (χ4v) is 3.37. The van der Waals surface area contributed by atoms with Crippen LogP contribution in [0.4, 0.5) is 0 Å². The van der Waals surface area contributed by atoms with Gasteiger partial charge in [0.15, 0.2) is 0 Å². The normalized spacial score (nSPS) is 12.0. The highest BCUT2D eigenvalue weighted by Crippen LogP contribution is 2.26. The van der Waals surface area contributed by atoms with Crippen LogP contribution in [0.5, 0.6) is 0 Å². The number of nitrogens with one attached hydrogen (secondary N) is 2. The molecule has 0 aliphatic heterocycles. The maximum Gasteiger partial charge on any atom is 0.309 e. The molecule has 0 radical (unpaired) electrons. The second kappa shape index (κ2) is 9.54. The molecule has 29 heavy (non-hydrogen) atoms. The van der Waals surface area contributed by atoms with E-state index in [4.69, 9.17) is 11.6 Å². The molecule has 3 aromatic rings. The largest absolute Gasteiger partial charge is 0.346 e. The lowest BCUT2D eigenvalue weighted by atomic mass is 9.98. The molecule has 2 amide bonds. The van der Waals surface area contributed by atoms with Crippen LogP contribution in [-0.4, -0.2) is 37.4 Å². The molecule has 150 valence electrons. The second-order valence-corrected chi connectivity index (χ2v) is 7.50. The summed E-state index contributed by atoms with van der Waals surface area (Å²) in [5, 5.41) is 8.29. The van der Waals surface area contributed by atoms with Gasteiger partial charge in [0, 0.05) is 18.1 Å². The highest BCUT2D eigenvalue weighted by molar-refractivity contribution is 6.35. The SMILES string of the molecule is CN(C)C(CNC(=O)C(=O)NCc1ccc(Cl)cc1)c1cccc2ccccc12. The van der Waals surface area contributed by atoms with Gasteiger partial charge in [0.1, 0.15) is 0 Å². The molecule has 0 aliphatic carbocycles. The van der Waals surface area contributed by atoms with Crippen LogP contribution in [-0.2, 0) is 16.1 Å². The Balaban J connectivity index is 1.63. The van der Waals surface area contributed by atoms with Crippen LogP contribution in [0.25, 0.3) is 10.8 Å². The van der Waals surface area contributed by atoms with E-state index in [1.807, 2.05) is 49.3 Å². The number of nitrogens with zero attached hydrogens (tertiary/aromatic N) is 1. The minimum absolute atomic E-state index is 0.0610. The number of fused-ring (bicyclic) bond motifs is 1. The van der Waals surface area contributed by atoms with E-state index in [2.05, 4.69) is 34.9 Å². The van der Waals surface area contributed by atoms with Crippen molar-refractivity contribution < 1.29 is 9.59 Å². The lowest BCUT2D eigenvalue weighted by molar-refractivity contribution is -0.139. The highest BCUT2D eigenvalue weighted by atomic mass is 35.5. The number of likely N-dealkylation sites (N-methyl/N-ethyl adjacent to an activating group) is 1. The van der Waals surface area contributed by atoms with E-state index in [9.17, 15) is 9.59 Å². The third kappa shape index (κ3) is 5.34. The Labute approximate surface area is 175 Å². The van der Waals surface area contributed by atoms with Crippen molar-refractivity contribution >= 4 is 34.2 Å². The first-order valence-corrected chi connectivity index (χ1v) is 9.78. The maximum absolute atomic E-state index is 12.3. The van der Waals surface area contributed by atoms with Gasteiger partial charge in [-0.2, -0.15) is 0 Å². The fraction of sp³-hybridized carbons (Fsp3) is 0.217. The van der Waals surface area contributed by atoms with Gasteiger partial charge < -0.3 is 15.5 Å². The predicted octanol–water partition coefficient (Wildman–Crippen LogP) is 3.53. The Bertz CT molecular complexity index is 997. The summed E-state index contributed by atoms with van der Waals surface area (Å²) in [5.41, 5.74) is 1.98. The zero-order chi connectivity index (χ0) is 20.8. The number of carbonyl (C=O) groups is 2. The van der Waals surface area contributed by atoms with Gasteiger partial charge in [-0.05, 0) is 48.1 Å². The van der Waals surface area contributed by atoms with Crippen LogP contribution in [0.3, 0.4) is 0 Å². The van der Waals surface area contributed by atoms with E-state index in [1.54, 1.807) is 12.1 Å². The van der Waals surface area contributed by atoms with Crippen LogP contribution in [0.15, 0.2) is 66.7 Å². The first kappa shape index (κ1) is 20.8. The predicted molar refractivity (Wildman–Crippen MR) is 117 cm³/mol. The molecular formula is C23H24ClN3O2. The van der Waals surface area contributed by atoms with E-state index in [0.717, 1.165) is 21.9 Å². The van der Waals surface area contributed by atoms with Gasteiger partial charge in [-0.15, -0.1) is 0 Å². The third-order valence-corrected chi connectivity index (χ3v) is 5.09. The summed E-state index contributed by atoms with van der Waals surface area (Å²) in [6, 6.07) is 21.3. The van der Waals surface area contributed by atoms with Crippen molar-refractivity contribution in [2.45, 2.75) is 12.6 Å². The molecule has 0 heterocycles. The molecule has 0 aliphatic rings.